The highest BCUT2D eigenvalue weighted by Gasteiger charge is 2.35. The highest BCUT2D eigenvalue weighted by molar-refractivity contribution is 5.92. The van der Waals surface area contributed by atoms with Gasteiger partial charge >= 0.3 is 0 Å². The summed E-state index contributed by atoms with van der Waals surface area (Å²) in [5, 5.41) is 15.4. The van der Waals surface area contributed by atoms with E-state index >= 15 is 0 Å². The molecule has 0 saturated heterocycles. The third-order valence-corrected chi connectivity index (χ3v) is 5.08. The average Bonchev–Trinajstić information content (AvgIpc) is 2.83. The van der Waals surface area contributed by atoms with Crippen molar-refractivity contribution in [2.75, 3.05) is 20.8 Å². The second kappa shape index (κ2) is 9.96. The Morgan fingerprint density at radius 1 is 1.18 bits per heavy atom. The van der Waals surface area contributed by atoms with Crippen LogP contribution in [0.5, 0.6) is 11.5 Å². The van der Waals surface area contributed by atoms with Gasteiger partial charge in [0.2, 0.25) is 0 Å². The third kappa shape index (κ3) is 4.88. The molecular formula is C23H22F3N3O5. The Hall–Kier alpha value is -3.86. The van der Waals surface area contributed by atoms with Gasteiger partial charge in [0, 0.05) is 17.7 Å². The normalized spacial score (nSPS) is 12.2. The van der Waals surface area contributed by atoms with Gasteiger partial charge in [-0.1, -0.05) is 12.1 Å². The summed E-state index contributed by atoms with van der Waals surface area (Å²) in [6.07, 6.45) is 0. The molecule has 0 aliphatic carbocycles. The number of carbonyl (C=O) groups is 1. The molecule has 34 heavy (non-hydrogen) atoms. The number of aliphatic hydroxyl groups is 1. The first-order valence-corrected chi connectivity index (χ1v) is 10.0. The Morgan fingerprint density at radius 2 is 1.91 bits per heavy atom. The number of amides is 1. The summed E-state index contributed by atoms with van der Waals surface area (Å²) in [6, 6.07) is 9.24. The number of hydrogen-bond donors (Lipinski definition) is 2. The predicted octanol–water partition coefficient (Wildman–Crippen LogP) is 2.96. The lowest BCUT2D eigenvalue weighted by atomic mass is 10.0. The molecule has 1 aromatic heterocycles. The lowest BCUT2D eigenvalue weighted by Gasteiger charge is -2.20. The SMILES string of the molecule is COc1ccc(-n2nc(C(=O)N[C@H](C)c3cccc(C(F)(F)CO)c3F)ccc2=O)c(OC)c1. The molecule has 0 fully saturated rings. The second-order valence-electron chi connectivity index (χ2n) is 7.27. The number of benzene rings is 2. The van der Waals surface area contributed by atoms with Crippen molar-refractivity contribution in [2.45, 2.75) is 18.9 Å². The van der Waals surface area contributed by atoms with Gasteiger partial charge in [0.15, 0.2) is 0 Å². The van der Waals surface area contributed by atoms with E-state index in [1.807, 2.05) is 0 Å². The molecule has 0 bridgehead atoms. The highest BCUT2D eigenvalue weighted by atomic mass is 19.3. The lowest BCUT2D eigenvalue weighted by molar-refractivity contribution is -0.0584. The summed E-state index contributed by atoms with van der Waals surface area (Å²) in [5.41, 5.74) is -1.66. The Labute approximate surface area is 192 Å². The topological polar surface area (TPSA) is 103 Å². The van der Waals surface area contributed by atoms with E-state index in [4.69, 9.17) is 14.6 Å². The Bertz CT molecular complexity index is 1260. The molecule has 1 atom stereocenters. The van der Waals surface area contributed by atoms with Crippen molar-refractivity contribution in [3.05, 3.63) is 81.5 Å². The molecule has 0 saturated carbocycles. The van der Waals surface area contributed by atoms with Crippen LogP contribution in [0.25, 0.3) is 5.69 Å². The second-order valence-corrected chi connectivity index (χ2v) is 7.27. The fourth-order valence-electron chi connectivity index (χ4n) is 3.27. The van der Waals surface area contributed by atoms with Crippen molar-refractivity contribution in [3.8, 4) is 17.2 Å². The third-order valence-electron chi connectivity index (χ3n) is 5.08. The molecular weight excluding hydrogens is 455 g/mol. The molecule has 8 nitrogen and oxygen atoms in total. The van der Waals surface area contributed by atoms with Crippen LogP contribution in [0, 0.1) is 5.82 Å². The van der Waals surface area contributed by atoms with Crippen molar-refractivity contribution in [1.82, 2.24) is 15.1 Å². The van der Waals surface area contributed by atoms with E-state index < -0.39 is 41.4 Å². The summed E-state index contributed by atoms with van der Waals surface area (Å²) >= 11 is 0. The Balaban J connectivity index is 1.92. The first-order valence-electron chi connectivity index (χ1n) is 10.0. The zero-order valence-corrected chi connectivity index (χ0v) is 18.5. The molecule has 0 spiro atoms. The van der Waals surface area contributed by atoms with Gasteiger partial charge in [-0.05, 0) is 31.2 Å². The minimum atomic E-state index is -3.78. The zero-order chi connectivity index (χ0) is 25.0. The molecule has 0 radical (unpaired) electrons. The lowest BCUT2D eigenvalue weighted by Crippen LogP contribution is -2.31. The maximum atomic E-state index is 14.7. The molecule has 1 heterocycles. The van der Waals surface area contributed by atoms with Crippen LogP contribution in [0.4, 0.5) is 13.2 Å². The summed E-state index contributed by atoms with van der Waals surface area (Å²) in [4.78, 5) is 25.2. The minimum absolute atomic E-state index is 0.179. The predicted molar refractivity (Wildman–Crippen MR) is 116 cm³/mol. The molecule has 2 N–H and O–H groups in total. The number of ether oxygens (including phenoxy) is 2. The number of alkyl halides is 2. The number of nitrogens with zero attached hydrogens (tertiary/aromatic N) is 2. The number of carbonyl (C=O) groups excluding carboxylic acids is 1. The smallest absolute Gasteiger partial charge is 0.298 e. The molecule has 1 amide bonds. The summed E-state index contributed by atoms with van der Waals surface area (Å²) in [7, 11) is 2.86. The summed E-state index contributed by atoms with van der Waals surface area (Å²) in [6.45, 7) is -0.159. The van der Waals surface area contributed by atoms with Crippen molar-refractivity contribution in [3.63, 3.8) is 0 Å². The molecule has 0 aliphatic rings. The van der Waals surface area contributed by atoms with Crippen LogP contribution in [0.15, 0.2) is 53.3 Å². The average molecular weight is 477 g/mol. The summed E-state index contributed by atoms with van der Waals surface area (Å²) in [5.74, 6) is -5.04. The molecule has 0 aliphatic heterocycles. The van der Waals surface area contributed by atoms with E-state index in [1.54, 1.807) is 6.07 Å². The van der Waals surface area contributed by atoms with Crippen molar-refractivity contribution >= 4 is 5.91 Å². The van der Waals surface area contributed by atoms with Crippen LogP contribution in [0.3, 0.4) is 0 Å². The van der Waals surface area contributed by atoms with Gasteiger partial charge in [0.05, 0.1) is 25.8 Å². The molecule has 0 unspecified atom stereocenters. The number of aliphatic hydroxyl groups excluding tert-OH is 1. The zero-order valence-electron chi connectivity index (χ0n) is 18.5. The fourth-order valence-corrected chi connectivity index (χ4v) is 3.27. The van der Waals surface area contributed by atoms with E-state index in [-0.39, 0.29) is 22.7 Å². The standard InChI is InChI=1S/C23H22F3N3O5/c1-13(15-5-4-6-16(21(15)24)23(25,26)12-30)27-22(32)17-8-10-20(31)29(28-17)18-9-7-14(33-2)11-19(18)34-3/h4-11,13,30H,12H2,1-3H3,(H,27,32)/t13-/m1/s1. The first-order chi connectivity index (χ1) is 16.1. The molecule has 3 aromatic rings. The van der Waals surface area contributed by atoms with Crippen LogP contribution in [0.1, 0.15) is 34.6 Å². The number of aromatic nitrogens is 2. The van der Waals surface area contributed by atoms with Crippen LogP contribution >= 0.6 is 0 Å². The van der Waals surface area contributed by atoms with Gasteiger partial charge < -0.3 is 19.9 Å². The fraction of sp³-hybridized carbons (Fsp3) is 0.261. The number of rotatable bonds is 8. The highest BCUT2D eigenvalue weighted by Crippen LogP contribution is 2.32. The number of nitrogens with one attached hydrogen (secondary N) is 1. The van der Waals surface area contributed by atoms with Gasteiger partial charge in [-0.2, -0.15) is 18.6 Å². The maximum absolute atomic E-state index is 14.7. The molecule has 3 rings (SSSR count). The number of halogens is 3. The Morgan fingerprint density at radius 3 is 2.56 bits per heavy atom. The maximum Gasteiger partial charge on any atom is 0.298 e. The van der Waals surface area contributed by atoms with Gasteiger partial charge in [-0.25, -0.2) is 4.39 Å². The number of methoxy groups -OCH3 is 2. The van der Waals surface area contributed by atoms with Crippen LogP contribution < -0.4 is 20.3 Å². The van der Waals surface area contributed by atoms with Crippen molar-refractivity contribution < 1.29 is 32.5 Å². The number of hydrogen-bond acceptors (Lipinski definition) is 6. The van der Waals surface area contributed by atoms with Gasteiger partial charge in [-0.15, -0.1) is 0 Å². The largest absolute Gasteiger partial charge is 0.497 e. The van der Waals surface area contributed by atoms with Crippen LogP contribution in [-0.4, -0.2) is 41.6 Å². The minimum Gasteiger partial charge on any atom is -0.497 e. The monoisotopic (exact) mass is 477 g/mol. The van der Waals surface area contributed by atoms with E-state index in [0.717, 1.165) is 16.8 Å². The van der Waals surface area contributed by atoms with Gasteiger partial charge in [0.1, 0.15) is 35.3 Å². The van der Waals surface area contributed by atoms with Crippen molar-refractivity contribution in [2.24, 2.45) is 0 Å². The molecule has 180 valence electrons. The quantitative estimate of drug-likeness (QED) is 0.517. The van der Waals surface area contributed by atoms with E-state index in [2.05, 4.69) is 10.4 Å². The van der Waals surface area contributed by atoms with Gasteiger partial charge in [-0.3, -0.25) is 9.59 Å². The van der Waals surface area contributed by atoms with Crippen LogP contribution in [0.2, 0.25) is 0 Å². The van der Waals surface area contributed by atoms with Crippen molar-refractivity contribution in [1.29, 1.82) is 0 Å². The van der Waals surface area contributed by atoms with E-state index in [1.165, 1.54) is 51.5 Å². The summed E-state index contributed by atoms with van der Waals surface area (Å²) < 4.78 is 53.7. The van der Waals surface area contributed by atoms with Crippen LogP contribution in [-0.2, 0) is 5.92 Å². The van der Waals surface area contributed by atoms with E-state index in [9.17, 15) is 22.8 Å². The first kappa shape index (κ1) is 24.8. The molecule has 2 aromatic carbocycles. The van der Waals surface area contributed by atoms with Gasteiger partial charge in [0.25, 0.3) is 17.4 Å². The van der Waals surface area contributed by atoms with E-state index in [0.29, 0.717) is 5.75 Å². The molecule has 11 heteroatoms. The Kier molecular flexibility index (Phi) is 7.26.